The number of anilines is 1. The van der Waals surface area contributed by atoms with E-state index in [1.165, 1.54) is 36.5 Å². The normalized spacial score (nSPS) is 11.3. The van der Waals surface area contributed by atoms with Crippen LogP contribution in [0.4, 0.5) is 5.69 Å². The molecule has 0 aliphatic heterocycles. The third-order valence-corrected chi connectivity index (χ3v) is 4.55. The van der Waals surface area contributed by atoms with Crippen LogP contribution in [0.15, 0.2) is 35.7 Å². The highest BCUT2D eigenvalue weighted by Gasteiger charge is 2.18. The van der Waals surface area contributed by atoms with E-state index in [0.717, 1.165) is 0 Å². The van der Waals surface area contributed by atoms with Crippen LogP contribution in [0.25, 0.3) is 0 Å². The zero-order chi connectivity index (χ0) is 20.0. The van der Waals surface area contributed by atoms with Gasteiger partial charge in [-0.25, -0.2) is 0 Å². The average molecular weight is 410 g/mol. The second kappa shape index (κ2) is 9.15. The molecule has 142 valence electrons. The van der Waals surface area contributed by atoms with Gasteiger partial charge in [-0.2, -0.15) is 0 Å². The van der Waals surface area contributed by atoms with Gasteiger partial charge in [-0.3, -0.25) is 19.2 Å². The van der Waals surface area contributed by atoms with Crippen molar-refractivity contribution in [3.05, 3.63) is 51.2 Å². The largest absolute Gasteiger partial charge is 0.480 e. The van der Waals surface area contributed by atoms with Gasteiger partial charge in [-0.1, -0.05) is 17.7 Å². The molecule has 0 radical (unpaired) electrons. The Balaban J connectivity index is 1.92. The molecule has 0 saturated heterocycles. The monoisotopic (exact) mass is 409 g/mol. The average Bonchev–Trinajstić information content (AvgIpc) is 3.14. The minimum absolute atomic E-state index is 0.0468. The van der Waals surface area contributed by atoms with Crippen LogP contribution in [-0.2, 0) is 9.59 Å². The van der Waals surface area contributed by atoms with Crippen molar-refractivity contribution < 1.29 is 24.3 Å². The zero-order valence-corrected chi connectivity index (χ0v) is 15.7. The number of carbonyl (C=O) groups is 4. The molecule has 2 rings (SSSR count). The number of aliphatic carboxylic acids is 1. The molecule has 1 atom stereocenters. The van der Waals surface area contributed by atoms with Crippen molar-refractivity contribution in [2.75, 3.05) is 11.9 Å². The Labute approximate surface area is 163 Å². The van der Waals surface area contributed by atoms with Crippen molar-refractivity contribution in [2.24, 2.45) is 0 Å². The molecular weight excluding hydrogens is 394 g/mol. The number of carboxylic acid groups (broad SMARTS) is 1. The fourth-order valence-corrected chi connectivity index (χ4v) is 2.88. The molecule has 0 aliphatic rings. The van der Waals surface area contributed by atoms with E-state index in [4.69, 9.17) is 16.7 Å². The summed E-state index contributed by atoms with van der Waals surface area (Å²) in [7, 11) is 0. The molecule has 0 bridgehead atoms. The summed E-state index contributed by atoms with van der Waals surface area (Å²) >= 11 is 7.30. The minimum atomic E-state index is -1.17. The summed E-state index contributed by atoms with van der Waals surface area (Å²) < 4.78 is 0. The highest BCUT2D eigenvalue weighted by Crippen LogP contribution is 2.21. The fraction of sp³-hybridized carbons (Fsp3) is 0.176. The number of nitrogens with one attached hydrogen (secondary N) is 3. The van der Waals surface area contributed by atoms with Crippen molar-refractivity contribution in [3.8, 4) is 0 Å². The first-order valence-electron chi connectivity index (χ1n) is 7.72. The van der Waals surface area contributed by atoms with Crippen molar-refractivity contribution in [3.63, 3.8) is 0 Å². The van der Waals surface area contributed by atoms with E-state index < -0.39 is 23.8 Å². The predicted octanol–water partition coefficient (Wildman–Crippen LogP) is 1.97. The van der Waals surface area contributed by atoms with Gasteiger partial charge < -0.3 is 21.1 Å². The van der Waals surface area contributed by atoms with E-state index >= 15 is 0 Å². The molecule has 27 heavy (non-hydrogen) atoms. The summed E-state index contributed by atoms with van der Waals surface area (Å²) in [6, 6.07) is 6.49. The van der Waals surface area contributed by atoms with Gasteiger partial charge >= 0.3 is 5.97 Å². The van der Waals surface area contributed by atoms with Crippen LogP contribution in [0.2, 0.25) is 5.02 Å². The Hall–Kier alpha value is -2.91. The summed E-state index contributed by atoms with van der Waals surface area (Å²) in [5.41, 5.74) is 0.409. The number of halogens is 1. The van der Waals surface area contributed by atoms with Gasteiger partial charge in [0.25, 0.3) is 11.8 Å². The van der Waals surface area contributed by atoms with E-state index in [9.17, 15) is 19.2 Å². The van der Waals surface area contributed by atoms with Gasteiger partial charge in [-0.15, -0.1) is 11.3 Å². The molecule has 8 nitrogen and oxygen atoms in total. The Morgan fingerprint density at radius 3 is 2.52 bits per heavy atom. The third kappa shape index (κ3) is 5.80. The molecule has 0 saturated carbocycles. The maximum atomic E-state index is 12.0. The highest BCUT2D eigenvalue weighted by molar-refractivity contribution is 7.12. The van der Waals surface area contributed by atoms with Gasteiger partial charge in [0.1, 0.15) is 6.04 Å². The van der Waals surface area contributed by atoms with E-state index in [2.05, 4.69) is 16.0 Å². The molecule has 1 heterocycles. The lowest BCUT2D eigenvalue weighted by Crippen LogP contribution is -2.38. The second-order valence-corrected chi connectivity index (χ2v) is 6.79. The smallest absolute Gasteiger partial charge is 0.325 e. The van der Waals surface area contributed by atoms with E-state index in [1.54, 1.807) is 17.5 Å². The molecule has 2 aromatic rings. The summed E-state index contributed by atoms with van der Waals surface area (Å²) in [4.78, 5) is 47.0. The van der Waals surface area contributed by atoms with Gasteiger partial charge in [0.05, 0.1) is 22.0 Å². The number of hydrogen-bond donors (Lipinski definition) is 4. The molecule has 3 amide bonds. The predicted molar refractivity (Wildman–Crippen MR) is 101 cm³/mol. The number of hydrogen-bond acceptors (Lipinski definition) is 5. The molecule has 1 aromatic heterocycles. The van der Waals surface area contributed by atoms with Gasteiger partial charge in [0.2, 0.25) is 5.91 Å². The summed E-state index contributed by atoms with van der Waals surface area (Å²) in [5.74, 6) is -2.63. The number of amides is 3. The highest BCUT2D eigenvalue weighted by atomic mass is 35.5. The topological polar surface area (TPSA) is 125 Å². The number of rotatable bonds is 7. The van der Waals surface area contributed by atoms with Gasteiger partial charge in [-0.05, 0) is 36.6 Å². The molecule has 0 fully saturated rings. The van der Waals surface area contributed by atoms with Crippen molar-refractivity contribution in [1.82, 2.24) is 10.6 Å². The Bertz CT molecular complexity index is 869. The second-order valence-electron chi connectivity index (χ2n) is 5.44. The van der Waals surface area contributed by atoms with Crippen molar-refractivity contribution in [1.29, 1.82) is 0 Å². The van der Waals surface area contributed by atoms with Crippen LogP contribution in [0.3, 0.4) is 0 Å². The molecule has 1 aromatic carbocycles. The third-order valence-electron chi connectivity index (χ3n) is 3.37. The van der Waals surface area contributed by atoms with Crippen LogP contribution in [0.1, 0.15) is 27.0 Å². The Kier molecular flexibility index (Phi) is 6.91. The number of carboxylic acids is 1. The first kappa shape index (κ1) is 20.4. The lowest BCUT2D eigenvalue weighted by Gasteiger charge is -2.12. The van der Waals surface area contributed by atoms with Crippen LogP contribution >= 0.6 is 22.9 Å². The van der Waals surface area contributed by atoms with Gasteiger partial charge in [0, 0.05) is 5.69 Å². The molecule has 0 aliphatic carbocycles. The maximum Gasteiger partial charge on any atom is 0.325 e. The number of benzene rings is 1. The molecule has 0 unspecified atom stereocenters. The molecule has 4 N–H and O–H groups in total. The lowest BCUT2D eigenvalue weighted by atomic mass is 10.1. The molecule has 10 heteroatoms. The van der Waals surface area contributed by atoms with Crippen molar-refractivity contribution >= 4 is 52.3 Å². The SMILES string of the molecule is C[C@H](NC(=O)c1ccc(NC(=O)CNC(=O)c2cccs2)cc1Cl)C(=O)O. The van der Waals surface area contributed by atoms with Crippen LogP contribution in [0, 0.1) is 0 Å². The molecular formula is C17H16ClN3O5S. The first-order chi connectivity index (χ1) is 12.8. The Morgan fingerprint density at radius 1 is 1.19 bits per heavy atom. The molecule has 0 spiro atoms. The lowest BCUT2D eigenvalue weighted by molar-refractivity contribution is -0.138. The fourth-order valence-electron chi connectivity index (χ4n) is 1.97. The van der Waals surface area contributed by atoms with E-state index in [0.29, 0.717) is 10.6 Å². The van der Waals surface area contributed by atoms with E-state index in [1.807, 2.05) is 0 Å². The summed E-state index contributed by atoms with van der Waals surface area (Å²) in [6.45, 7) is 1.10. The van der Waals surface area contributed by atoms with Crippen molar-refractivity contribution in [2.45, 2.75) is 13.0 Å². The van der Waals surface area contributed by atoms with Crippen LogP contribution in [0.5, 0.6) is 0 Å². The van der Waals surface area contributed by atoms with E-state index in [-0.39, 0.29) is 23.0 Å². The first-order valence-corrected chi connectivity index (χ1v) is 8.98. The standard InChI is InChI=1S/C17H16ClN3O5S/c1-9(17(25)26)20-15(23)11-5-4-10(7-12(11)18)21-14(22)8-19-16(24)13-3-2-6-27-13/h2-7,9H,8H2,1H3,(H,19,24)(H,20,23)(H,21,22)(H,25,26)/t9-/m0/s1. The number of carbonyl (C=O) groups excluding carboxylic acids is 3. The quantitative estimate of drug-likeness (QED) is 0.556. The van der Waals surface area contributed by atoms with Crippen LogP contribution < -0.4 is 16.0 Å². The number of thiophene rings is 1. The van der Waals surface area contributed by atoms with Crippen LogP contribution in [-0.4, -0.2) is 41.4 Å². The summed E-state index contributed by atoms with van der Waals surface area (Å²) in [6.07, 6.45) is 0. The zero-order valence-electron chi connectivity index (χ0n) is 14.1. The Morgan fingerprint density at radius 2 is 1.93 bits per heavy atom. The van der Waals surface area contributed by atoms with Gasteiger partial charge in [0.15, 0.2) is 0 Å². The minimum Gasteiger partial charge on any atom is -0.480 e. The summed E-state index contributed by atoms with van der Waals surface area (Å²) in [5, 5.41) is 17.9. The maximum absolute atomic E-state index is 12.0.